The number of thiophene rings is 1. The molecule has 0 bridgehead atoms. The average molecular weight is 324 g/mol. The van der Waals surface area contributed by atoms with Gasteiger partial charge in [-0.25, -0.2) is 13.1 Å². The summed E-state index contributed by atoms with van der Waals surface area (Å²) in [6, 6.07) is 9.60. The Hall–Kier alpha value is -1.44. The van der Waals surface area contributed by atoms with Crippen LogP contribution in [0.25, 0.3) is 10.1 Å². The molecule has 0 aliphatic carbocycles. The number of carbonyl (C=O) groups excluding carboxylic acids is 1. The van der Waals surface area contributed by atoms with Crippen LogP contribution in [0, 0.1) is 0 Å². The summed E-state index contributed by atoms with van der Waals surface area (Å²) in [6.45, 7) is 1.01. The fourth-order valence-electron chi connectivity index (χ4n) is 2.59. The number of hydrogen-bond donors (Lipinski definition) is 1. The molecule has 1 atom stereocenters. The Labute approximate surface area is 127 Å². The highest BCUT2D eigenvalue weighted by Crippen LogP contribution is 2.27. The molecule has 5 nitrogen and oxygen atoms in total. The van der Waals surface area contributed by atoms with Crippen molar-refractivity contribution < 1.29 is 13.2 Å². The minimum atomic E-state index is -3.23. The maximum atomic E-state index is 12.5. The fourth-order valence-corrected chi connectivity index (χ4v) is 4.42. The molecule has 112 valence electrons. The van der Waals surface area contributed by atoms with Gasteiger partial charge in [0.25, 0.3) is 5.91 Å². The van der Waals surface area contributed by atoms with E-state index in [2.05, 4.69) is 4.72 Å². The number of rotatable bonds is 3. The maximum absolute atomic E-state index is 12.5. The molecule has 7 heteroatoms. The number of fused-ring (bicyclic) bond motifs is 1. The molecule has 1 fully saturated rings. The van der Waals surface area contributed by atoms with E-state index in [9.17, 15) is 13.2 Å². The van der Waals surface area contributed by atoms with Crippen molar-refractivity contribution >= 4 is 37.4 Å². The Morgan fingerprint density at radius 1 is 1.38 bits per heavy atom. The highest BCUT2D eigenvalue weighted by atomic mass is 32.2. The van der Waals surface area contributed by atoms with Crippen molar-refractivity contribution in [3.8, 4) is 0 Å². The number of benzene rings is 1. The van der Waals surface area contributed by atoms with Gasteiger partial charge in [-0.2, -0.15) is 0 Å². The normalized spacial score (nSPS) is 19.3. The van der Waals surface area contributed by atoms with Crippen LogP contribution in [-0.4, -0.2) is 44.6 Å². The van der Waals surface area contributed by atoms with Crippen LogP contribution in [0.2, 0.25) is 0 Å². The van der Waals surface area contributed by atoms with Crippen molar-refractivity contribution in [3.63, 3.8) is 0 Å². The molecule has 1 aliphatic rings. The fraction of sp³-hybridized carbons (Fsp3) is 0.357. The number of carbonyl (C=O) groups is 1. The molecule has 1 aromatic heterocycles. The van der Waals surface area contributed by atoms with Gasteiger partial charge in [-0.15, -0.1) is 11.3 Å². The highest BCUT2D eigenvalue weighted by molar-refractivity contribution is 7.88. The zero-order valence-electron chi connectivity index (χ0n) is 11.6. The Kier molecular flexibility index (Phi) is 3.73. The first-order valence-electron chi connectivity index (χ1n) is 6.67. The molecular weight excluding hydrogens is 308 g/mol. The molecule has 1 saturated heterocycles. The molecule has 1 aliphatic heterocycles. The van der Waals surface area contributed by atoms with Crippen LogP contribution in [0.4, 0.5) is 0 Å². The molecular formula is C14H16N2O3S2. The summed E-state index contributed by atoms with van der Waals surface area (Å²) in [5.41, 5.74) is 0. The third-order valence-electron chi connectivity index (χ3n) is 3.49. The van der Waals surface area contributed by atoms with Crippen molar-refractivity contribution in [2.75, 3.05) is 19.3 Å². The average Bonchev–Trinajstić information content (AvgIpc) is 3.01. The Morgan fingerprint density at radius 2 is 2.14 bits per heavy atom. The van der Waals surface area contributed by atoms with Crippen LogP contribution in [0.1, 0.15) is 16.1 Å². The summed E-state index contributed by atoms with van der Waals surface area (Å²) in [4.78, 5) is 14.9. The summed E-state index contributed by atoms with van der Waals surface area (Å²) in [6.07, 6.45) is 1.80. The van der Waals surface area contributed by atoms with E-state index >= 15 is 0 Å². The third-order valence-corrected chi connectivity index (χ3v) is 5.36. The molecule has 0 radical (unpaired) electrons. The lowest BCUT2D eigenvalue weighted by molar-refractivity contribution is 0.0795. The lowest BCUT2D eigenvalue weighted by Gasteiger charge is -2.15. The quantitative estimate of drug-likeness (QED) is 0.934. The SMILES string of the molecule is CS(=O)(=O)NC1CCN(C(=O)c2cc3ccccc3s2)C1. The second kappa shape index (κ2) is 5.40. The molecule has 0 spiro atoms. The maximum Gasteiger partial charge on any atom is 0.264 e. The van der Waals surface area contributed by atoms with Crippen LogP contribution >= 0.6 is 11.3 Å². The smallest absolute Gasteiger partial charge is 0.264 e. The number of likely N-dealkylation sites (tertiary alicyclic amines) is 1. The van der Waals surface area contributed by atoms with Crippen LogP contribution < -0.4 is 4.72 Å². The van der Waals surface area contributed by atoms with E-state index in [0.29, 0.717) is 24.4 Å². The van der Waals surface area contributed by atoms with E-state index in [1.54, 1.807) is 4.90 Å². The zero-order valence-corrected chi connectivity index (χ0v) is 13.2. The van der Waals surface area contributed by atoms with E-state index in [1.165, 1.54) is 11.3 Å². The van der Waals surface area contributed by atoms with E-state index < -0.39 is 10.0 Å². The first-order chi connectivity index (χ1) is 9.92. The number of sulfonamides is 1. The molecule has 2 heterocycles. The van der Waals surface area contributed by atoms with Crippen molar-refractivity contribution in [2.45, 2.75) is 12.5 Å². The molecule has 1 unspecified atom stereocenters. The number of nitrogens with one attached hydrogen (secondary N) is 1. The highest BCUT2D eigenvalue weighted by Gasteiger charge is 2.29. The summed E-state index contributed by atoms with van der Waals surface area (Å²) in [5, 5.41) is 1.07. The lowest BCUT2D eigenvalue weighted by Crippen LogP contribution is -2.37. The molecule has 2 aromatic rings. The second-order valence-corrected chi connectivity index (χ2v) is 8.14. The number of amides is 1. The van der Waals surface area contributed by atoms with E-state index in [-0.39, 0.29) is 11.9 Å². The van der Waals surface area contributed by atoms with E-state index in [0.717, 1.165) is 16.3 Å². The van der Waals surface area contributed by atoms with Gasteiger partial charge in [-0.05, 0) is 23.9 Å². The predicted molar refractivity (Wildman–Crippen MR) is 84.1 cm³/mol. The minimum Gasteiger partial charge on any atom is -0.336 e. The van der Waals surface area contributed by atoms with Gasteiger partial charge in [-0.3, -0.25) is 4.79 Å². The van der Waals surface area contributed by atoms with Crippen LogP contribution in [-0.2, 0) is 10.0 Å². The summed E-state index contributed by atoms with van der Waals surface area (Å²) >= 11 is 1.48. The predicted octanol–water partition coefficient (Wildman–Crippen LogP) is 1.66. The van der Waals surface area contributed by atoms with Crippen LogP contribution in [0.3, 0.4) is 0 Å². The van der Waals surface area contributed by atoms with Gasteiger partial charge >= 0.3 is 0 Å². The Balaban J connectivity index is 1.74. The standard InChI is InChI=1S/C14H16N2O3S2/c1-21(18,19)15-11-6-7-16(9-11)14(17)13-8-10-4-2-3-5-12(10)20-13/h2-5,8,11,15H,6-7,9H2,1H3. The third kappa shape index (κ3) is 3.25. The topological polar surface area (TPSA) is 66.5 Å². The van der Waals surface area contributed by atoms with Gasteiger partial charge in [0.2, 0.25) is 10.0 Å². The largest absolute Gasteiger partial charge is 0.336 e. The molecule has 1 amide bonds. The van der Waals surface area contributed by atoms with Gasteiger partial charge in [0, 0.05) is 23.8 Å². The zero-order chi connectivity index (χ0) is 15.0. The molecule has 3 rings (SSSR count). The Bertz CT molecular complexity index is 749. The first-order valence-corrected chi connectivity index (χ1v) is 9.38. The Morgan fingerprint density at radius 3 is 2.86 bits per heavy atom. The van der Waals surface area contributed by atoms with Gasteiger partial charge in [0.15, 0.2) is 0 Å². The second-order valence-electron chi connectivity index (χ2n) is 5.28. The van der Waals surface area contributed by atoms with Crippen molar-refractivity contribution in [1.82, 2.24) is 9.62 Å². The van der Waals surface area contributed by atoms with Gasteiger partial charge < -0.3 is 4.90 Å². The van der Waals surface area contributed by atoms with Gasteiger partial charge in [0.05, 0.1) is 11.1 Å². The van der Waals surface area contributed by atoms with Crippen molar-refractivity contribution in [1.29, 1.82) is 0 Å². The van der Waals surface area contributed by atoms with Gasteiger partial charge in [-0.1, -0.05) is 18.2 Å². The first kappa shape index (κ1) is 14.5. The van der Waals surface area contributed by atoms with Gasteiger partial charge in [0.1, 0.15) is 0 Å². The molecule has 21 heavy (non-hydrogen) atoms. The number of hydrogen-bond acceptors (Lipinski definition) is 4. The van der Waals surface area contributed by atoms with E-state index in [1.807, 2.05) is 30.3 Å². The minimum absolute atomic E-state index is 0.0194. The number of nitrogens with zero attached hydrogens (tertiary/aromatic N) is 1. The van der Waals surface area contributed by atoms with Crippen molar-refractivity contribution in [2.24, 2.45) is 0 Å². The molecule has 0 saturated carbocycles. The lowest BCUT2D eigenvalue weighted by atomic mass is 10.2. The summed E-state index contributed by atoms with van der Waals surface area (Å²) in [7, 11) is -3.23. The van der Waals surface area contributed by atoms with Crippen LogP contribution in [0.5, 0.6) is 0 Å². The van der Waals surface area contributed by atoms with Crippen LogP contribution in [0.15, 0.2) is 30.3 Å². The summed E-state index contributed by atoms with van der Waals surface area (Å²) < 4.78 is 26.1. The molecule has 1 aromatic carbocycles. The monoisotopic (exact) mass is 324 g/mol. The molecule has 1 N–H and O–H groups in total. The summed E-state index contributed by atoms with van der Waals surface area (Å²) in [5.74, 6) is -0.0194. The van der Waals surface area contributed by atoms with E-state index in [4.69, 9.17) is 0 Å². The van der Waals surface area contributed by atoms with Crippen molar-refractivity contribution in [3.05, 3.63) is 35.2 Å².